The Hall–Kier alpha value is 0.649. The van der Waals surface area contributed by atoms with Gasteiger partial charge in [0.05, 0.1) is 0 Å². The zero-order valence-corrected chi connectivity index (χ0v) is 6.94. The van der Waals surface area contributed by atoms with Gasteiger partial charge in [-0.15, -0.1) is 0 Å². The summed E-state index contributed by atoms with van der Waals surface area (Å²) in [6, 6.07) is 0. The van der Waals surface area contributed by atoms with Gasteiger partial charge in [0.25, 0.3) is 0 Å². The van der Waals surface area contributed by atoms with Crippen LogP contribution >= 0.6 is 0 Å². The minimum atomic E-state index is 0. The van der Waals surface area contributed by atoms with Gasteiger partial charge in [-0.1, -0.05) is 20.8 Å². The molecule has 6 heavy (non-hydrogen) atoms. The van der Waals surface area contributed by atoms with Crippen molar-refractivity contribution < 1.29 is 20.1 Å². The Balaban J connectivity index is 0. The van der Waals surface area contributed by atoms with Crippen molar-refractivity contribution in [1.82, 2.24) is 0 Å². The molecule has 1 radical (unpaired) electrons. The van der Waals surface area contributed by atoms with Crippen LogP contribution in [-0.2, 0) is 20.1 Å². The topological polar surface area (TPSA) is 0 Å². The van der Waals surface area contributed by atoms with Crippen molar-refractivity contribution in [3.8, 4) is 0 Å². The standard InChI is InChI=1S/C5H11.Ir/c1-5(2,3)4;/h1H2,2-4H3;/q-1;. The maximum Gasteiger partial charge on any atom is 0 e. The first-order valence-electron chi connectivity index (χ1n) is 1.85. The van der Waals surface area contributed by atoms with Gasteiger partial charge in [0, 0.05) is 20.1 Å². The van der Waals surface area contributed by atoms with E-state index in [-0.39, 0.29) is 25.5 Å². The average Bonchev–Trinajstić information content (AvgIpc) is 0.722. The first kappa shape index (κ1) is 9.82. The Labute approximate surface area is 53.7 Å². The van der Waals surface area contributed by atoms with E-state index >= 15 is 0 Å². The first-order chi connectivity index (χ1) is 2.00. The van der Waals surface area contributed by atoms with Crippen molar-refractivity contribution in [3.63, 3.8) is 0 Å². The van der Waals surface area contributed by atoms with E-state index in [1.165, 1.54) is 0 Å². The molecule has 0 fully saturated rings. The fourth-order valence-corrected chi connectivity index (χ4v) is 0. The molecular weight excluding hydrogens is 252 g/mol. The van der Waals surface area contributed by atoms with Gasteiger partial charge >= 0.3 is 0 Å². The van der Waals surface area contributed by atoms with Gasteiger partial charge < -0.3 is 6.92 Å². The fourth-order valence-electron chi connectivity index (χ4n) is 0. The Morgan fingerprint density at radius 3 is 1.17 bits per heavy atom. The van der Waals surface area contributed by atoms with Crippen LogP contribution in [0.5, 0.6) is 0 Å². The van der Waals surface area contributed by atoms with Gasteiger partial charge in [-0.3, -0.25) is 0 Å². The molecule has 0 atom stereocenters. The molecule has 0 nitrogen and oxygen atoms in total. The van der Waals surface area contributed by atoms with Gasteiger partial charge in [0.2, 0.25) is 0 Å². The quantitative estimate of drug-likeness (QED) is 0.585. The SMILES string of the molecule is [CH2-]C(C)(C)C.[Ir]. The monoisotopic (exact) mass is 264 g/mol. The first-order valence-corrected chi connectivity index (χ1v) is 1.85. The van der Waals surface area contributed by atoms with Crippen LogP contribution in [0, 0.1) is 12.3 Å². The predicted molar refractivity (Wildman–Crippen MR) is 24.8 cm³/mol. The normalized spacial score (nSPS) is 10.0. The zero-order chi connectivity index (χ0) is 4.50. The summed E-state index contributed by atoms with van der Waals surface area (Å²) in [4.78, 5) is 0. The largest absolute Gasteiger partial charge is 0.338 e. The predicted octanol–water partition coefficient (Wildman–Crippen LogP) is 1.86. The summed E-state index contributed by atoms with van der Waals surface area (Å²) >= 11 is 0. The van der Waals surface area contributed by atoms with Crippen molar-refractivity contribution in [1.29, 1.82) is 0 Å². The molecule has 0 aliphatic heterocycles. The molecule has 0 saturated heterocycles. The molecular formula is C5H11Ir-. The Morgan fingerprint density at radius 2 is 1.17 bits per heavy atom. The molecule has 0 aromatic heterocycles. The maximum absolute atomic E-state index is 3.77. The van der Waals surface area contributed by atoms with E-state index in [4.69, 9.17) is 0 Å². The third-order valence-electron chi connectivity index (χ3n) is 0. The molecule has 0 unspecified atom stereocenters. The average molecular weight is 263 g/mol. The summed E-state index contributed by atoms with van der Waals surface area (Å²) in [5.41, 5.74) is 0.250. The number of hydrogen-bond acceptors (Lipinski definition) is 0. The molecule has 0 spiro atoms. The molecule has 0 rings (SSSR count). The van der Waals surface area contributed by atoms with Crippen LogP contribution in [0.25, 0.3) is 0 Å². The van der Waals surface area contributed by atoms with E-state index < -0.39 is 0 Å². The van der Waals surface area contributed by atoms with Crippen molar-refractivity contribution in [3.05, 3.63) is 6.92 Å². The summed E-state index contributed by atoms with van der Waals surface area (Å²) in [5.74, 6) is 0. The van der Waals surface area contributed by atoms with Gasteiger partial charge in [0.15, 0.2) is 0 Å². The molecule has 0 N–H and O–H groups in total. The summed E-state index contributed by atoms with van der Waals surface area (Å²) in [6.07, 6.45) is 0. The summed E-state index contributed by atoms with van der Waals surface area (Å²) in [6.45, 7) is 10.0. The second kappa shape index (κ2) is 2.76. The van der Waals surface area contributed by atoms with E-state index in [9.17, 15) is 0 Å². The molecule has 0 bridgehead atoms. The van der Waals surface area contributed by atoms with Crippen LogP contribution in [0.3, 0.4) is 0 Å². The van der Waals surface area contributed by atoms with E-state index in [2.05, 4.69) is 27.7 Å². The third kappa shape index (κ3) is 147. The molecule has 0 saturated carbocycles. The van der Waals surface area contributed by atoms with Crippen molar-refractivity contribution in [2.45, 2.75) is 20.8 Å². The van der Waals surface area contributed by atoms with Gasteiger partial charge in [-0.25, -0.2) is 0 Å². The maximum atomic E-state index is 3.77. The van der Waals surface area contributed by atoms with E-state index in [0.717, 1.165) is 0 Å². The second-order valence-corrected chi connectivity index (χ2v) is 2.56. The molecule has 41 valence electrons. The molecule has 0 amide bonds. The van der Waals surface area contributed by atoms with E-state index in [0.29, 0.717) is 0 Å². The van der Waals surface area contributed by atoms with Crippen molar-refractivity contribution in [2.24, 2.45) is 5.41 Å². The smallest absolute Gasteiger partial charge is 0 e. The van der Waals surface area contributed by atoms with E-state index in [1.807, 2.05) is 0 Å². The van der Waals surface area contributed by atoms with Gasteiger partial charge in [-0.2, -0.15) is 5.41 Å². The minimum absolute atomic E-state index is 0. The summed E-state index contributed by atoms with van der Waals surface area (Å²) < 4.78 is 0. The van der Waals surface area contributed by atoms with Gasteiger partial charge in [0.1, 0.15) is 0 Å². The minimum Gasteiger partial charge on any atom is -0.338 e. The van der Waals surface area contributed by atoms with Crippen molar-refractivity contribution in [2.75, 3.05) is 0 Å². The second-order valence-electron chi connectivity index (χ2n) is 2.56. The molecule has 0 aromatic carbocycles. The fraction of sp³-hybridized carbons (Fsp3) is 0.800. The summed E-state index contributed by atoms with van der Waals surface area (Å²) in [7, 11) is 0. The molecule has 1 heteroatoms. The van der Waals surface area contributed by atoms with Crippen LogP contribution in [-0.4, -0.2) is 0 Å². The third-order valence-corrected chi connectivity index (χ3v) is 0. The Morgan fingerprint density at radius 1 is 1.17 bits per heavy atom. The van der Waals surface area contributed by atoms with Crippen LogP contribution < -0.4 is 0 Å². The molecule has 0 aromatic rings. The Kier molecular flexibility index (Phi) is 4.52. The zero-order valence-electron chi connectivity index (χ0n) is 4.54. The van der Waals surface area contributed by atoms with Crippen LogP contribution in [0.15, 0.2) is 0 Å². The molecule has 0 aliphatic rings. The summed E-state index contributed by atoms with van der Waals surface area (Å²) in [5, 5.41) is 0. The van der Waals surface area contributed by atoms with E-state index in [1.54, 1.807) is 0 Å². The van der Waals surface area contributed by atoms with Crippen LogP contribution in [0.1, 0.15) is 20.8 Å². The number of hydrogen-bond donors (Lipinski definition) is 0. The molecule has 0 heterocycles. The van der Waals surface area contributed by atoms with Crippen molar-refractivity contribution >= 4 is 0 Å². The van der Waals surface area contributed by atoms with Crippen LogP contribution in [0.2, 0.25) is 0 Å². The van der Waals surface area contributed by atoms with Crippen LogP contribution in [0.4, 0.5) is 0 Å². The Bertz CT molecular complexity index is 19.4. The van der Waals surface area contributed by atoms with Gasteiger partial charge in [-0.05, 0) is 0 Å². The number of rotatable bonds is 0. The molecule has 0 aliphatic carbocycles.